The number of thioether (sulfide) groups is 1. The fraction of sp³-hybridized carbons (Fsp3) is 0.286. The molecule has 3 aromatic heterocycles. The minimum absolute atomic E-state index is 0.00461. The van der Waals surface area contributed by atoms with Crippen LogP contribution in [-0.4, -0.2) is 25.7 Å². The Hall–Kier alpha value is -2.63. The predicted molar refractivity (Wildman–Crippen MR) is 124 cm³/mol. The van der Waals surface area contributed by atoms with Crippen molar-refractivity contribution in [3.8, 4) is 0 Å². The molecule has 0 bridgehead atoms. The van der Waals surface area contributed by atoms with Crippen LogP contribution in [0.25, 0.3) is 10.2 Å². The summed E-state index contributed by atoms with van der Waals surface area (Å²) < 4.78 is 14.6. The molecule has 0 aliphatic heterocycles. The fourth-order valence-electron chi connectivity index (χ4n) is 3.62. The highest BCUT2D eigenvalue weighted by Gasteiger charge is 2.22. The molecule has 0 saturated carbocycles. The number of amides is 1. The Morgan fingerprint density at radius 1 is 1.22 bits per heavy atom. The van der Waals surface area contributed by atoms with Crippen molar-refractivity contribution < 1.29 is 9.18 Å². The van der Waals surface area contributed by atoms with E-state index in [1.165, 1.54) is 45.7 Å². The van der Waals surface area contributed by atoms with Gasteiger partial charge in [-0.25, -0.2) is 9.37 Å². The molecule has 1 aliphatic rings. The van der Waals surface area contributed by atoms with Crippen molar-refractivity contribution in [3.05, 3.63) is 66.5 Å². The molecule has 0 unspecified atom stereocenters. The van der Waals surface area contributed by atoms with Crippen LogP contribution >= 0.6 is 34.4 Å². The lowest BCUT2D eigenvalue weighted by atomic mass is 10.2. The first-order valence-electron chi connectivity index (χ1n) is 9.98. The largest absolute Gasteiger partial charge is 0.346 e. The summed E-state index contributed by atoms with van der Waals surface area (Å²) >= 11 is 4.23. The molecule has 0 fully saturated rings. The first-order chi connectivity index (χ1) is 15.5. The highest BCUT2D eigenvalue weighted by Crippen LogP contribution is 2.35. The quantitative estimate of drug-likeness (QED) is 0.330. The maximum absolute atomic E-state index is 13.0. The second-order valence-electron chi connectivity index (χ2n) is 7.39. The number of carbonyl (C=O) groups excluding carboxylic acids is 1. The Labute approximate surface area is 194 Å². The van der Waals surface area contributed by atoms with Crippen molar-refractivity contribution in [1.82, 2.24) is 25.1 Å². The van der Waals surface area contributed by atoms with Gasteiger partial charge in [-0.3, -0.25) is 14.2 Å². The summed E-state index contributed by atoms with van der Waals surface area (Å²) in [6, 6.07) is 5.94. The molecule has 3 heterocycles. The number of aromatic nitrogens is 4. The van der Waals surface area contributed by atoms with Crippen molar-refractivity contribution in [2.75, 3.05) is 0 Å². The molecule has 1 amide bonds. The molecule has 1 N–H and O–H groups in total. The van der Waals surface area contributed by atoms with Crippen LogP contribution in [-0.2, 0) is 32.2 Å². The molecule has 0 atom stereocenters. The van der Waals surface area contributed by atoms with E-state index in [0.29, 0.717) is 15.9 Å². The van der Waals surface area contributed by atoms with Crippen molar-refractivity contribution >= 4 is 50.6 Å². The Balaban J connectivity index is 1.25. The van der Waals surface area contributed by atoms with Gasteiger partial charge in [-0.15, -0.1) is 21.5 Å². The normalized spacial score (nSPS) is 12.9. The minimum atomic E-state index is -0.330. The summed E-state index contributed by atoms with van der Waals surface area (Å²) in [5, 5.41) is 13.2. The molecule has 1 aliphatic carbocycles. The van der Waals surface area contributed by atoms with E-state index < -0.39 is 0 Å². The second-order valence-corrected chi connectivity index (χ2v) is 10.5. The van der Waals surface area contributed by atoms with E-state index in [1.54, 1.807) is 35.1 Å². The molecule has 1 aromatic carbocycles. The first-order valence-corrected chi connectivity index (χ1v) is 12.6. The monoisotopic (exact) mass is 487 g/mol. The van der Waals surface area contributed by atoms with E-state index in [1.807, 2.05) is 0 Å². The van der Waals surface area contributed by atoms with Crippen LogP contribution in [0.1, 0.15) is 37.2 Å². The number of benzene rings is 1. The Kier molecular flexibility index (Phi) is 5.78. The van der Waals surface area contributed by atoms with Crippen molar-refractivity contribution in [2.24, 2.45) is 7.05 Å². The summed E-state index contributed by atoms with van der Waals surface area (Å²) in [6.07, 6.45) is 3.09. The number of nitrogens with one attached hydrogen (secondary N) is 1. The number of carbonyl (C=O) groups is 1. The zero-order valence-electron chi connectivity index (χ0n) is 17.1. The van der Waals surface area contributed by atoms with Crippen LogP contribution in [0.5, 0.6) is 0 Å². The van der Waals surface area contributed by atoms with Gasteiger partial charge in [0.25, 0.3) is 11.5 Å². The van der Waals surface area contributed by atoms with Gasteiger partial charge in [0, 0.05) is 18.5 Å². The lowest BCUT2D eigenvalue weighted by Gasteiger charge is -2.06. The molecule has 32 heavy (non-hydrogen) atoms. The van der Waals surface area contributed by atoms with E-state index >= 15 is 0 Å². The maximum Gasteiger partial charge on any atom is 0.282 e. The van der Waals surface area contributed by atoms with Gasteiger partial charge in [0.05, 0.1) is 11.1 Å². The number of fused-ring (bicyclic) bond motifs is 3. The molecular formula is C21H18FN5O2S3. The van der Waals surface area contributed by atoms with Crippen LogP contribution in [0, 0.1) is 5.82 Å². The van der Waals surface area contributed by atoms with Crippen LogP contribution < -0.4 is 10.9 Å². The molecular weight excluding hydrogens is 469 g/mol. The number of thiophene rings is 1. The van der Waals surface area contributed by atoms with E-state index in [-0.39, 0.29) is 28.8 Å². The van der Waals surface area contributed by atoms with Gasteiger partial charge in [0.1, 0.15) is 15.7 Å². The van der Waals surface area contributed by atoms with Crippen molar-refractivity contribution in [2.45, 2.75) is 36.7 Å². The lowest BCUT2D eigenvalue weighted by molar-refractivity contribution is 0.0950. The van der Waals surface area contributed by atoms with Crippen LogP contribution in [0.3, 0.4) is 0 Å². The van der Waals surface area contributed by atoms with Crippen LogP contribution in [0.15, 0.2) is 34.2 Å². The summed E-state index contributed by atoms with van der Waals surface area (Å²) in [5.74, 6) is -0.191. The number of hydrogen-bond donors (Lipinski definition) is 1. The number of aryl methyl sites for hydroxylation is 2. The van der Waals surface area contributed by atoms with Gasteiger partial charge >= 0.3 is 0 Å². The minimum Gasteiger partial charge on any atom is -0.346 e. The predicted octanol–water partition coefficient (Wildman–Crippen LogP) is 3.70. The average molecular weight is 488 g/mol. The number of rotatable bonds is 6. The number of nitrogens with zero attached hydrogens (tertiary/aromatic N) is 4. The lowest BCUT2D eigenvalue weighted by Crippen LogP contribution is -2.22. The molecule has 0 spiro atoms. The molecule has 164 valence electrons. The standard InChI is InChI=1S/C21H18FN5O2S3/c1-27-20(29)16-13-3-2-4-14(13)31-18(16)24-21(27)30-10-15-25-26-19(32-15)17(28)23-9-11-5-7-12(22)8-6-11/h5-8H,2-4,9-10H2,1H3,(H,23,28). The molecule has 0 radical (unpaired) electrons. The van der Waals surface area contributed by atoms with Gasteiger partial charge in [-0.1, -0.05) is 35.2 Å². The molecule has 7 nitrogen and oxygen atoms in total. The van der Waals surface area contributed by atoms with Crippen LogP contribution in [0.2, 0.25) is 0 Å². The smallest absolute Gasteiger partial charge is 0.282 e. The summed E-state index contributed by atoms with van der Waals surface area (Å²) in [7, 11) is 1.74. The second kappa shape index (κ2) is 8.72. The average Bonchev–Trinajstić information content (AvgIpc) is 3.50. The zero-order valence-corrected chi connectivity index (χ0v) is 19.5. The number of halogens is 1. The molecule has 5 rings (SSSR count). The molecule has 0 saturated heterocycles. The van der Waals surface area contributed by atoms with Gasteiger partial charge < -0.3 is 5.32 Å². The van der Waals surface area contributed by atoms with Gasteiger partial charge in [-0.2, -0.15) is 0 Å². The summed E-state index contributed by atoms with van der Waals surface area (Å²) in [5.41, 5.74) is 1.96. The van der Waals surface area contributed by atoms with Crippen molar-refractivity contribution in [3.63, 3.8) is 0 Å². The van der Waals surface area contributed by atoms with Gasteiger partial charge in [0.15, 0.2) is 5.16 Å². The zero-order chi connectivity index (χ0) is 22.2. The SMILES string of the molecule is Cn1c(SCc2nnc(C(=O)NCc3ccc(F)cc3)s2)nc2sc3c(c2c1=O)CCC3. The summed E-state index contributed by atoms with van der Waals surface area (Å²) in [6.45, 7) is 0.277. The van der Waals surface area contributed by atoms with E-state index in [0.717, 1.165) is 35.0 Å². The van der Waals surface area contributed by atoms with E-state index in [4.69, 9.17) is 4.98 Å². The highest BCUT2D eigenvalue weighted by atomic mass is 32.2. The van der Waals surface area contributed by atoms with Crippen molar-refractivity contribution in [1.29, 1.82) is 0 Å². The molecule has 4 aromatic rings. The molecule has 11 heteroatoms. The number of hydrogen-bond acceptors (Lipinski definition) is 8. The fourth-order valence-corrected chi connectivity index (χ4v) is 6.64. The van der Waals surface area contributed by atoms with E-state index in [2.05, 4.69) is 15.5 Å². The van der Waals surface area contributed by atoms with E-state index in [9.17, 15) is 14.0 Å². The Bertz CT molecular complexity index is 1380. The third kappa shape index (κ3) is 4.07. The highest BCUT2D eigenvalue weighted by molar-refractivity contribution is 7.98. The third-order valence-corrected chi connectivity index (χ3v) is 8.59. The topological polar surface area (TPSA) is 89.8 Å². The Morgan fingerprint density at radius 3 is 2.84 bits per heavy atom. The van der Waals surface area contributed by atoms with Gasteiger partial charge in [-0.05, 0) is 42.5 Å². The third-order valence-electron chi connectivity index (χ3n) is 5.26. The van der Waals surface area contributed by atoms with Gasteiger partial charge in [0.2, 0.25) is 5.01 Å². The van der Waals surface area contributed by atoms with Crippen LogP contribution in [0.4, 0.5) is 4.39 Å². The Morgan fingerprint density at radius 2 is 2.03 bits per heavy atom. The summed E-state index contributed by atoms with van der Waals surface area (Å²) in [4.78, 5) is 32.1. The maximum atomic E-state index is 13.0. The first kappa shape index (κ1) is 21.2.